The highest BCUT2D eigenvalue weighted by molar-refractivity contribution is 5.98. The van der Waals surface area contributed by atoms with E-state index < -0.39 is 5.97 Å². The molecule has 4 nitrogen and oxygen atoms in total. The topological polar surface area (TPSA) is 57.6 Å². The molecule has 0 bridgehead atoms. The van der Waals surface area contributed by atoms with Gasteiger partial charge < -0.3 is 10.0 Å². The summed E-state index contributed by atoms with van der Waals surface area (Å²) < 4.78 is 0. The van der Waals surface area contributed by atoms with E-state index in [0.717, 1.165) is 18.7 Å². The Balaban J connectivity index is 1.72. The molecule has 1 heterocycles. The van der Waals surface area contributed by atoms with E-state index in [4.69, 9.17) is 5.11 Å². The number of carbonyl (C=O) groups is 2. The number of carboxylic acid groups (broad SMARTS) is 1. The van der Waals surface area contributed by atoms with Gasteiger partial charge in [0.1, 0.15) is 0 Å². The van der Waals surface area contributed by atoms with E-state index >= 15 is 0 Å². The van der Waals surface area contributed by atoms with Crippen LogP contribution in [-0.2, 0) is 16.0 Å². The van der Waals surface area contributed by atoms with Crippen LogP contribution in [0.15, 0.2) is 18.2 Å². The van der Waals surface area contributed by atoms with Crippen LogP contribution in [0.3, 0.4) is 0 Å². The summed E-state index contributed by atoms with van der Waals surface area (Å²) in [5.41, 5.74) is 3.44. The fourth-order valence-corrected chi connectivity index (χ4v) is 3.00. The van der Waals surface area contributed by atoms with Gasteiger partial charge in [-0.25, -0.2) is 0 Å². The van der Waals surface area contributed by atoms with Crippen LogP contribution in [0.4, 0.5) is 5.69 Å². The minimum absolute atomic E-state index is 0.0973. The van der Waals surface area contributed by atoms with Crippen molar-refractivity contribution in [1.82, 2.24) is 0 Å². The molecule has 0 saturated heterocycles. The fourth-order valence-electron chi connectivity index (χ4n) is 3.00. The van der Waals surface area contributed by atoms with E-state index in [1.54, 1.807) is 0 Å². The average Bonchev–Trinajstić information content (AvgIpc) is 2.68. The van der Waals surface area contributed by atoms with E-state index in [1.165, 1.54) is 11.1 Å². The number of benzene rings is 1. The van der Waals surface area contributed by atoms with Crippen molar-refractivity contribution >= 4 is 17.6 Å². The first-order chi connectivity index (χ1) is 9.06. The minimum Gasteiger partial charge on any atom is -0.481 e. The number of aliphatic carboxylic acids is 1. The number of hydrogen-bond donors (Lipinski definition) is 1. The van der Waals surface area contributed by atoms with Crippen molar-refractivity contribution in [3.63, 3.8) is 0 Å². The van der Waals surface area contributed by atoms with Gasteiger partial charge in [0.2, 0.25) is 5.91 Å². The Morgan fingerprint density at radius 2 is 2.00 bits per heavy atom. The van der Waals surface area contributed by atoms with Crippen LogP contribution in [-0.4, -0.2) is 23.5 Å². The van der Waals surface area contributed by atoms with E-state index in [-0.39, 0.29) is 17.7 Å². The van der Waals surface area contributed by atoms with Crippen molar-refractivity contribution in [2.75, 3.05) is 11.4 Å². The van der Waals surface area contributed by atoms with Crippen LogP contribution in [0.25, 0.3) is 0 Å². The summed E-state index contributed by atoms with van der Waals surface area (Å²) in [5.74, 6) is -1.11. The van der Waals surface area contributed by atoms with Crippen molar-refractivity contribution in [2.45, 2.75) is 26.2 Å². The van der Waals surface area contributed by atoms with Crippen LogP contribution in [0.5, 0.6) is 0 Å². The number of anilines is 1. The van der Waals surface area contributed by atoms with Crippen LogP contribution in [0, 0.1) is 18.8 Å². The quantitative estimate of drug-likeness (QED) is 0.883. The zero-order valence-corrected chi connectivity index (χ0v) is 10.9. The smallest absolute Gasteiger partial charge is 0.306 e. The molecule has 4 heteroatoms. The highest BCUT2D eigenvalue weighted by atomic mass is 16.4. The molecule has 1 aromatic rings. The second-order valence-electron chi connectivity index (χ2n) is 5.58. The number of aryl methyl sites for hydroxylation is 1. The SMILES string of the molecule is Cc1ccc2c(c1)CCN2C(=O)C1CC(C(=O)O)C1. The molecule has 0 aromatic heterocycles. The van der Waals surface area contributed by atoms with Gasteiger partial charge in [-0.2, -0.15) is 0 Å². The van der Waals surface area contributed by atoms with Gasteiger partial charge in [-0.05, 0) is 37.8 Å². The molecule has 1 aliphatic heterocycles. The highest BCUT2D eigenvalue weighted by Gasteiger charge is 2.41. The molecule has 1 saturated carbocycles. The predicted molar refractivity (Wildman–Crippen MR) is 71.1 cm³/mol. The van der Waals surface area contributed by atoms with E-state index in [9.17, 15) is 9.59 Å². The minimum atomic E-state index is -0.776. The zero-order chi connectivity index (χ0) is 13.6. The average molecular weight is 259 g/mol. The summed E-state index contributed by atoms with van der Waals surface area (Å²) in [6, 6.07) is 6.15. The maximum atomic E-state index is 12.4. The summed E-state index contributed by atoms with van der Waals surface area (Å²) in [6.45, 7) is 2.78. The lowest BCUT2D eigenvalue weighted by Gasteiger charge is -2.34. The van der Waals surface area contributed by atoms with Gasteiger partial charge in [-0.15, -0.1) is 0 Å². The van der Waals surface area contributed by atoms with Gasteiger partial charge in [0.15, 0.2) is 0 Å². The monoisotopic (exact) mass is 259 g/mol. The third-order valence-electron chi connectivity index (χ3n) is 4.23. The number of amides is 1. The lowest BCUT2D eigenvalue weighted by atomic mass is 9.74. The Morgan fingerprint density at radius 1 is 1.26 bits per heavy atom. The molecule has 3 rings (SSSR count). The lowest BCUT2D eigenvalue weighted by Crippen LogP contribution is -2.43. The Kier molecular flexibility index (Phi) is 2.81. The Morgan fingerprint density at radius 3 is 2.68 bits per heavy atom. The van der Waals surface area contributed by atoms with Crippen molar-refractivity contribution in [1.29, 1.82) is 0 Å². The molecule has 1 aliphatic carbocycles. The first-order valence-corrected chi connectivity index (χ1v) is 6.70. The van der Waals surface area contributed by atoms with Gasteiger partial charge in [0.05, 0.1) is 5.92 Å². The number of hydrogen-bond acceptors (Lipinski definition) is 2. The Labute approximate surface area is 112 Å². The Bertz CT molecular complexity index is 546. The molecular formula is C15H17NO3. The van der Waals surface area contributed by atoms with Crippen molar-refractivity contribution < 1.29 is 14.7 Å². The molecule has 100 valence electrons. The maximum absolute atomic E-state index is 12.4. The summed E-state index contributed by atoms with van der Waals surface area (Å²) >= 11 is 0. The molecular weight excluding hydrogens is 242 g/mol. The summed E-state index contributed by atoms with van der Waals surface area (Å²) in [4.78, 5) is 25.0. The van der Waals surface area contributed by atoms with Crippen LogP contribution in [0.1, 0.15) is 24.0 Å². The van der Waals surface area contributed by atoms with Crippen LogP contribution >= 0.6 is 0 Å². The van der Waals surface area contributed by atoms with Crippen molar-refractivity contribution in [2.24, 2.45) is 11.8 Å². The first kappa shape index (κ1) is 12.2. The summed E-state index contributed by atoms with van der Waals surface area (Å²) in [7, 11) is 0. The summed E-state index contributed by atoms with van der Waals surface area (Å²) in [5, 5.41) is 8.86. The number of carbonyl (C=O) groups excluding carboxylic acids is 1. The molecule has 19 heavy (non-hydrogen) atoms. The fraction of sp³-hybridized carbons (Fsp3) is 0.467. The Hall–Kier alpha value is -1.84. The van der Waals surface area contributed by atoms with Crippen LogP contribution < -0.4 is 4.90 Å². The maximum Gasteiger partial charge on any atom is 0.306 e. The lowest BCUT2D eigenvalue weighted by molar-refractivity contribution is -0.148. The van der Waals surface area contributed by atoms with Gasteiger partial charge in [-0.1, -0.05) is 17.7 Å². The van der Waals surface area contributed by atoms with Gasteiger partial charge in [0.25, 0.3) is 0 Å². The molecule has 2 aliphatic rings. The zero-order valence-electron chi connectivity index (χ0n) is 10.9. The van der Waals surface area contributed by atoms with E-state index in [0.29, 0.717) is 12.8 Å². The van der Waals surface area contributed by atoms with E-state index in [2.05, 4.69) is 6.07 Å². The van der Waals surface area contributed by atoms with Gasteiger partial charge in [0, 0.05) is 18.2 Å². The molecule has 0 radical (unpaired) electrons. The molecule has 0 atom stereocenters. The molecule has 0 spiro atoms. The third-order valence-corrected chi connectivity index (χ3v) is 4.23. The third kappa shape index (κ3) is 2.01. The van der Waals surface area contributed by atoms with Crippen LogP contribution in [0.2, 0.25) is 0 Å². The highest BCUT2D eigenvalue weighted by Crippen LogP contribution is 2.38. The molecule has 1 aromatic carbocycles. The predicted octanol–water partition coefficient (Wildman–Crippen LogP) is 1.99. The number of rotatable bonds is 2. The van der Waals surface area contributed by atoms with E-state index in [1.807, 2.05) is 24.0 Å². The summed E-state index contributed by atoms with van der Waals surface area (Å²) in [6.07, 6.45) is 1.88. The molecule has 1 N–H and O–H groups in total. The largest absolute Gasteiger partial charge is 0.481 e. The number of carboxylic acids is 1. The number of nitrogens with zero attached hydrogens (tertiary/aromatic N) is 1. The number of fused-ring (bicyclic) bond motifs is 1. The standard InChI is InChI=1S/C15H17NO3/c1-9-2-3-13-10(6-9)4-5-16(13)14(17)11-7-12(8-11)15(18)19/h2-3,6,11-12H,4-5,7-8H2,1H3,(H,18,19). The molecule has 1 fully saturated rings. The normalized spacial score (nSPS) is 24.8. The first-order valence-electron chi connectivity index (χ1n) is 6.70. The second kappa shape index (κ2) is 4.37. The molecule has 1 amide bonds. The van der Waals surface area contributed by atoms with Crippen molar-refractivity contribution in [3.8, 4) is 0 Å². The van der Waals surface area contributed by atoms with Gasteiger partial charge in [-0.3, -0.25) is 9.59 Å². The second-order valence-corrected chi connectivity index (χ2v) is 5.58. The van der Waals surface area contributed by atoms with Gasteiger partial charge >= 0.3 is 5.97 Å². The van der Waals surface area contributed by atoms with Crippen molar-refractivity contribution in [3.05, 3.63) is 29.3 Å². The molecule has 0 unspecified atom stereocenters.